The van der Waals surface area contributed by atoms with Gasteiger partial charge in [0.2, 0.25) is 0 Å². The zero-order valence-corrected chi connectivity index (χ0v) is 15.1. The molecule has 3 heterocycles. The Morgan fingerprint density at radius 3 is 2.84 bits per heavy atom. The fourth-order valence-electron chi connectivity index (χ4n) is 2.90. The van der Waals surface area contributed by atoms with Crippen LogP contribution in [0.5, 0.6) is 0 Å². The van der Waals surface area contributed by atoms with Gasteiger partial charge in [0.15, 0.2) is 0 Å². The lowest BCUT2D eigenvalue weighted by Crippen LogP contribution is -3.14. The molecule has 7 nitrogen and oxygen atoms in total. The van der Waals surface area contributed by atoms with Gasteiger partial charge < -0.3 is 14.5 Å². The molecule has 0 aliphatic carbocycles. The molecule has 1 amide bonds. The number of ether oxygens (including phenoxy) is 1. The first-order valence-corrected chi connectivity index (χ1v) is 8.81. The first-order valence-electron chi connectivity index (χ1n) is 8.43. The number of amides is 1. The van der Waals surface area contributed by atoms with Crippen LogP contribution in [-0.4, -0.2) is 65.0 Å². The Kier molecular flexibility index (Phi) is 6.01. The van der Waals surface area contributed by atoms with Crippen LogP contribution in [0, 0.1) is 0 Å². The van der Waals surface area contributed by atoms with Crippen LogP contribution < -0.4 is 4.90 Å². The normalized spacial score (nSPS) is 15.3. The molecule has 0 atom stereocenters. The number of carbonyl (C=O) groups excluding carboxylic acids is 1. The molecule has 134 valence electrons. The van der Waals surface area contributed by atoms with Gasteiger partial charge in [-0.1, -0.05) is 17.7 Å². The summed E-state index contributed by atoms with van der Waals surface area (Å²) in [6, 6.07) is 5.35. The van der Waals surface area contributed by atoms with Crippen LogP contribution in [0.2, 0.25) is 5.02 Å². The van der Waals surface area contributed by atoms with Crippen molar-refractivity contribution in [1.29, 1.82) is 0 Å². The monoisotopic (exact) mass is 364 g/mol. The summed E-state index contributed by atoms with van der Waals surface area (Å²) in [5, 5.41) is 4.93. The Hall–Kier alpha value is -1.96. The summed E-state index contributed by atoms with van der Waals surface area (Å²) in [6.07, 6.45) is 3.37. The molecular weight excluding hydrogens is 342 g/mol. The number of quaternary nitrogens is 1. The van der Waals surface area contributed by atoms with Crippen molar-refractivity contribution in [2.45, 2.75) is 6.54 Å². The fraction of sp³-hybridized carbons (Fsp3) is 0.471. The SMILES string of the molecule is Cn1cc(Cl)c(CN(CC[NH+]2CCOCC2)C(=O)c2ccccn2)n1. The molecule has 2 aromatic rings. The number of halogens is 1. The Morgan fingerprint density at radius 2 is 2.20 bits per heavy atom. The van der Waals surface area contributed by atoms with E-state index in [0.717, 1.165) is 32.8 Å². The maximum absolute atomic E-state index is 12.9. The van der Waals surface area contributed by atoms with Crippen LogP contribution in [-0.2, 0) is 18.3 Å². The second-order valence-electron chi connectivity index (χ2n) is 6.15. The summed E-state index contributed by atoms with van der Waals surface area (Å²) < 4.78 is 7.06. The second kappa shape index (κ2) is 8.42. The van der Waals surface area contributed by atoms with E-state index in [4.69, 9.17) is 16.3 Å². The van der Waals surface area contributed by atoms with Gasteiger partial charge in [0, 0.05) is 19.4 Å². The highest BCUT2D eigenvalue weighted by Crippen LogP contribution is 2.16. The molecule has 25 heavy (non-hydrogen) atoms. The average Bonchev–Trinajstić information content (AvgIpc) is 2.96. The average molecular weight is 365 g/mol. The van der Waals surface area contributed by atoms with Crippen LogP contribution in [0.15, 0.2) is 30.6 Å². The molecule has 0 bridgehead atoms. The number of nitrogens with zero attached hydrogens (tertiary/aromatic N) is 4. The summed E-state index contributed by atoms with van der Waals surface area (Å²) >= 11 is 6.23. The predicted molar refractivity (Wildman–Crippen MR) is 93.6 cm³/mol. The van der Waals surface area contributed by atoms with E-state index in [0.29, 0.717) is 29.5 Å². The van der Waals surface area contributed by atoms with Gasteiger partial charge in [-0.05, 0) is 12.1 Å². The largest absolute Gasteiger partial charge is 0.370 e. The molecule has 0 saturated carbocycles. The van der Waals surface area contributed by atoms with E-state index in [2.05, 4.69) is 10.1 Å². The topological polar surface area (TPSA) is 64.7 Å². The lowest BCUT2D eigenvalue weighted by Gasteiger charge is -2.27. The Balaban J connectivity index is 1.72. The Bertz CT molecular complexity index is 700. The number of aromatic nitrogens is 3. The molecule has 1 N–H and O–H groups in total. The number of hydrogen-bond acceptors (Lipinski definition) is 4. The van der Waals surface area contributed by atoms with Gasteiger partial charge in [-0.15, -0.1) is 0 Å². The molecule has 1 saturated heterocycles. The van der Waals surface area contributed by atoms with Gasteiger partial charge in [-0.3, -0.25) is 14.5 Å². The summed E-state index contributed by atoms with van der Waals surface area (Å²) in [5.41, 5.74) is 1.14. The molecule has 0 aromatic carbocycles. The highest BCUT2D eigenvalue weighted by molar-refractivity contribution is 6.31. The number of hydrogen-bond donors (Lipinski definition) is 1. The standard InChI is InChI=1S/C17H22ClN5O2/c1-21-12-14(18)16(20-21)13-23(7-6-22-8-10-25-11-9-22)17(24)15-4-2-3-5-19-15/h2-5,12H,6-11,13H2,1H3/p+1. The van der Waals surface area contributed by atoms with Crippen LogP contribution >= 0.6 is 11.6 Å². The van der Waals surface area contributed by atoms with Gasteiger partial charge in [0.1, 0.15) is 24.5 Å². The van der Waals surface area contributed by atoms with Crippen molar-refractivity contribution in [1.82, 2.24) is 19.7 Å². The van der Waals surface area contributed by atoms with E-state index >= 15 is 0 Å². The zero-order chi connectivity index (χ0) is 17.6. The Labute approximate surface area is 152 Å². The lowest BCUT2D eigenvalue weighted by atomic mass is 10.2. The summed E-state index contributed by atoms with van der Waals surface area (Å²) in [6.45, 7) is 5.35. The summed E-state index contributed by atoms with van der Waals surface area (Å²) in [5.74, 6) is -0.102. The van der Waals surface area contributed by atoms with Crippen LogP contribution in [0.3, 0.4) is 0 Å². The maximum atomic E-state index is 12.9. The van der Waals surface area contributed by atoms with Gasteiger partial charge in [0.05, 0.1) is 37.9 Å². The van der Waals surface area contributed by atoms with Crippen molar-refractivity contribution < 1.29 is 14.4 Å². The smallest absolute Gasteiger partial charge is 0.273 e. The van der Waals surface area contributed by atoms with Crippen LogP contribution in [0.4, 0.5) is 0 Å². The molecule has 0 spiro atoms. The van der Waals surface area contributed by atoms with E-state index < -0.39 is 0 Å². The van der Waals surface area contributed by atoms with E-state index in [1.54, 1.807) is 34.1 Å². The summed E-state index contributed by atoms with van der Waals surface area (Å²) in [4.78, 5) is 20.3. The maximum Gasteiger partial charge on any atom is 0.273 e. The molecule has 0 unspecified atom stereocenters. The van der Waals surface area contributed by atoms with Crippen molar-refractivity contribution in [3.63, 3.8) is 0 Å². The molecule has 1 aliphatic heterocycles. The fourth-order valence-corrected chi connectivity index (χ4v) is 3.14. The Morgan fingerprint density at radius 1 is 1.40 bits per heavy atom. The number of pyridine rings is 1. The molecular formula is C17H23ClN5O2+. The first kappa shape index (κ1) is 17.8. The van der Waals surface area contributed by atoms with Crippen molar-refractivity contribution in [2.75, 3.05) is 39.4 Å². The minimum Gasteiger partial charge on any atom is -0.370 e. The van der Waals surface area contributed by atoms with Crippen LogP contribution in [0.25, 0.3) is 0 Å². The molecule has 1 fully saturated rings. The third kappa shape index (κ3) is 4.78. The number of nitrogens with one attached hydrogen (secondary N) is 1. The first-order chi connectivity index (χ1) is 12.1. The predicted octanol–water partition coefficient (Wildman–Crippen LogP) is 0.0260. The molecule has 1 aliphatic rings. The van der Waals surface area contributed by atoms with Gasteiger partial charge in [-0.25, -0.2) is 0 Å². The zero-order valence-electron chi connectivity index (χ0n) is 14.3. The second-order valence-corrected chi connectivity index (χ2v) is 6.56. The summed E-state index contributed by atoms with van der Waals surface area (Å²) in [7, 11) is 1.82. The number of aryl methyl sites for hydroxylation is 1. The van der Waals surface area contributed by atoms with Crippen LogP contribution in [0.1, 0.15) is 16.2 Å². The van der Waals surface area contributed by atoms with E-state index in [-0.39, 0.29) is 5.91 Å². The quantitative estimate of drug-likeness (QED) is 0.785. The van der Waals surface area contributed by atoms with Gasteiger partial charge >= 0.3 is 0 Å². The van der Waals surface area contributed by atoms with Gasteiger partial charge in [0.25, 0.3) is 5.91 Å². The van der Waals surface area contributed by atoms with E-state index in [9.17, 15) is 4.79 Å². The van der Waals surface area contributed by atoms with Crippen molar-refractivity contribution >= 4 is 17.5 Å². The van der Waals surface area contributed by atoms with Crippen molar-refractivity contribution in [2.24, 2.45) is 7.05 Å². The number of morpholine rings is 1. The molecule has 3 rings (SSSR count). The van der Waals surface area contributed by atoms with E-state index in [1.165, 1.54) is 4.90 Å². The van der Waals surface area contributed by atoms with Gasteiger partial charge in [-0.2, -0.15) is 5.10 Å². The highest BCUT2D eigenvalue weighted by atomic mass is 35.5. The van der Waals surface area contributed by atoms with E-state index in [1.807, 2.05) is 13.1 Å². The molecule has 2 aromatic heterocycles. The van der Waals surface area contributed by atoms with Crippen molar-refractivity contribution in [3.05, 3.63) is 47.0 Å². The third-order valence-corrected chi connectivity index (χ3v) is 4.62. The minimum atomic E-state index is -0.102. The third-order valence-electron chi connectivity index (χ3n) is 4.30. The minimum absolute atomic E-state index is 0.102. The number of rotatable bonds is 6. The lowest BCUT2D eigenvalue weighted by molar-refractivity contribution is -0.907. The molecule has 0 radical (unpaired) electrons. The molecule has 8 heteroatoms. The highest BCUT2D eigenvalue weighted by Gasteiger charge is 2.22. The number of carbonyl (C=O) groups is 1. The van der Waals surface area contributed by atoms with Crippen molar-refractivity contribution in [3.8, 4) is 0 Å².